The minimum absolute atomic E-state index is 0.0868. The van der Waals surface area contributed by atoms with Gasteiger partial charge in [0.2, 0.25) is 11.6 Å². The Morgan fingerprint density at radius 1 is 1.26 bits per heavy atom. The third-order valence-electron chi connectivity index (χ3n) is 2.63. The summed E-state index contributed by atoms with van der Waals surface area (Å²) in [7, 11) is 0. The van der Waals surface area contributed by atoms with E-state index in [1.54, 1.807) is 38.1 Å². The molecule has 0 saturated carbocycles. The molecular formula is C13H13N3O3. The largest absolute Gasteiger partial charge is 0.432 e. The van der Waals surface area contributed by atoms with Crippen LogP contribution in [0.25, 0.3) is 0 Å². The topological polar surface area (TPSA) is 91.3 Å². The van der Waals surface area contributed by atoms with Crippen LogP contribution in [0.3, 0.4) is 0 Å². The number of aryl methyl sites for hydroxylation is 2. The summed E-state index contributed by atoms with van der Waals surface area (Å²) in [5, 5.41) is 11.0. The van der Waals surface area contributed by atoms with Gasteiger partial charge in [-0.2, -0.15) is 0 Å². The fourth-order valence-corrected chi connectivity index (χ4v) is 1.57. The van der Waals surface area contributed by atoms with E-state index in [1.807, 2.05) is 0 Å². The molecule has 19 heavy (non-hydrogen) atoms. The molecule has 0 bridgehead atoms. The van der Waals surface area contributed by atoms with E-state index >= 15 is 0 Å². The van der Waals surface area contributed by atoms with E-state index in [9.17, 15) is 10.1 Å². The number of nitrogens with two attached hydrogens (primary N) is 1. The van der Waals surface area contributed by atoms with Crippen molar-refractivity contribution in [1.29, 1.82) is 0 Å². The predicted molar refractivity (Wildman–Crippen MR) is 71.3 cm³/mol. The van der Waals surface area contributed by atoms with Crippen LogP contribution in [-0.4, -0.2) is 9.91 Å². The second-order valence-electron chi connectivity index (χ2n) is 4.15. The van der Waals surface area contributed by atoms with Gasteiger partial charge in [-0.05, 0) is 31.5 Å². The van der Waals surface area contributed by atoms with Crippen LogP contribution in [0.5, 0.6) is 11.6 Å². The summed E-state index contributed by atoms with van der Waals surface area (Å²) < 4.78 is 5.45. The number of ether oxygens (including phenoxy) is 1. The zero-order valence-electron chi connectivity index (χ0n) is 10.6. The zero-order valence-corrected chi connectivity index (χ0v) is 10.6. The highest BCUT2D eigenvalue weighted by atomic mass is 16.6. The Labute approximate surface area is 110 Å². The molecular weight excluding hydrogens is 246 g/mol. The molecule has 0 spiro atoms. The third-order valence-corrected chi connectivity index (χ3v) is 2.63. The van der Waals surface area contributed by atoms with Crippen molar-refractivity contribution in [2.24, 2.45) is 0 Å². The molecule has 1 heterocycles. The van der Waals surface area contributed by atoms with Gasteiger partial charge in [-0.15, -0.1) is 0 Å². The third kappa shape index (κ3) is 2.79. The number of anilines is 1. The molecule has 0 saturated heterocycles. The van der Waals surface area contributed by atoms with Gasteiger partial charge in [-0.25, -0.2) is 4.98 Å². The number of nitrogens with zero attached hydrogens (tertiary/aromatic N) is 2. The predicted octanol–water partition coefficient (Wildman–Crippen LogP) is 2.98. The van der Waals surface area contributed by atoms with E-state index in [0.717, 1.165) is 5.56 Å². The highest BCUT2D eigenvalue weighted by Gasteiger charge is 2.16. The minimum atomic E-state index is -0.480. The molecule has 6 nitrogen and oxygen atoms in total. The Balaban J connectivity index is 2.37. The van der Waals surface area contributed by atoms with Crippen molar-refractivity contribution in [3.8, 4) is 11.6 Å². The number of rotatable bonds is 3. The molecule has 0 unspecified atom stereocenters. The lowest BCUT2D eigenvalue weighted by Gasteiger charge is -2.07. The molecule has 2 N–H and O–H groups in total. The minimum Gasteiger partial charge on any atom is -0.432 e. The number of nitro benzene ring substituents is 1. The number of benzene rings is 1. The summed E-state index contributed by atoms with van der Waals surface area (Å²) in [6.07, 6.45) is 0. The van der Waals surface area contributed by atoms with Gasteiger partial charge in [0, 0.05) is 12.1 Å². The lowest BCUT2D eigenvalue weighted by molar-refractivity contribution is -0.385. The number of aromatic nitrogens is 1. The van der Waals surface area contributed by atoms with Gasteiger partial charge < -0.3 is 10.5 Å². The molecule has 0 aliphatic rings. The van der Waals surface area contributed by atoms with Gasteiger partial charge in [-0.3, -0.25) is 10.1 Å². The first-order valence-electron chi connectivity index (χ1n) is 5.63. The second kappa shape index (κ2) is 4.93. The van der Waals surface area contributed by atoms with Crippen molar-refractivity contribution in [1.82, 2.24) is 4.98 Å². The molecule has 0 atom stereocenters. The standard InChI is InChI=1S/C13H13N3O3/c1-8-3-5-12(11(7-8)16(17)18)19-13-6-4-10(14)9(2)15-13/h3-7H,14H2,1-2H3. The van der Waals surface area contributed by atoms with Crippen LogP contribution in [0.4, 0.5) is 11.4 Å². The number of pyridine rings is 1. The molecule has 2 aromatic rings. The zero-order chi connectivity index (χ0) is 14.0. The molecule has 0 aliphatic heterocycles. The van der Waals surface area contributed by atoms with E-state index in [0.29, 0.717) is 11.4 Å². The highest BCUT2D eigenvalue weighted by molar-refractivity contribution is 5.50. The number of hydrogen-bond donors (Lipinski definition) is 1. The normalized spacial score (nSPS) is 10.2. The molecule has 2 rings (SSSR count). The van der Waals surface area contributed by atoms with Crippen molar-refractivity contribution in [2.45, 2.75) is 13.8 Å². The summed E-state index contributed by atoms with van der Waals surface area (Å²) in [4.78, 5) is 14.6. The molecule has 1 aromatic carbocycles. The van der Waals surface area contributed by atoms with Crippen LogP contribution in [-0.2, 0) is 0 Å². The maximum absolute atomic E-state index is 11.0. The first-order valence-corrected chi connectivity index (χ1v) is 5.63. The lowest BCUT2D eigenvalue weighted by Crippen LogP contribution is -1.97. The molecule has 0 amide bonds. The van der Waals surface area contributed by atoms with Crippen LogP contribution < -0.4 is 10.5 Å². The Morgan fingerprint density at radius 2 is 2.00 bits per heavy atom. The second-order valence-corrected chi connectivity index (χ2v) is 4.15. The van der Waals surface area contributed by atoms with Crippen molar-refractivity contribution in [3.05, 3.63) is 51.7 Å². The van der Waals surface area contributed by atoms with Crippen LogP contribution in [0.1, 0.15) is 11.3 Å². The van der Waals surface area contributed by atoms with E-state index < -0.39 is 4.92 Å². The maximum atomic E-state index is 11.0. The van der Waals surface area contributed by atoms with E-state index in [2.05, 4.69) is 4.98 Å². The first kappa shape index (κ1) is 12.8. The fraction of sp³-hybridized carbons (Fsp3) is 0.154. The van der Waals surface area contributed by atoms with Crippen molar-refractivity contribution in [3.63, 3.8) is 0 Å². The quantitative estimate of drug-likeness (QED) is 0.675. The molecule has 0 fully saturated rings. The Hall–Kier alpha value is -2.63. The average Bonchev–Trinajstić information content (AvgIpc) is 2.36. The summed E-state index contributed by atoms with van der Waals surface area (Å²) in [5.41, 5.74) is 7.52. The van der Waals surface area contributed by atoms with Crippen molar-refractivity contribution in [2.75, 3.05) is 5.73 Å². The maximum Gasteiger partial charge on any atom is 0.311 e. The SMILES string of the molecule is Cc1ccc(Oc2ccc(N)c(C)n2)c([N+](=O)[O-])c1. The number of nitrogen functional groups attached to an aromatic ring is 1. The smallest absolute Gasteiger partial charge is 0.311 e. The van der Waals surface area contributed by atoms with Gasteiger partial charge in [0.15, 0.2) is 0 Å². The van der Waals surface area contributed by atoms with Crippen LogP contribution in [0.15, 0.2) is 30.3 Å². The summed E-state index contributed by atoms with van der Waals surface area (Å²) in [6.45, 7) is 3.52. The molecule has 1 aromatic heterocycles. The van der Waals surface area contributed by atoms with E-state index in [-0.39, 0.29) is 17.3 Å². The van der Waals surface area contributed by atoms with Gasteiger partial charge in [0.25, 0.3) is 0 Å². The molecule has 0 aliphatic carbocycles. The molecule has 98 valence electrons. The van der Waals surface area contributed by atoms with Gasteiger partial charge in [0.05, 0.1) is 16.3 Å². The summed E-state index contributed by atoms with van der Waals surface area (Å²) in [5.74, 6) is 0.436. The molecule has 6 heteroatoms. The van der Waals surface area contributed by atoms with Crippen molar-refractivity contribution >= 4 is 11.4 Å². The lowest BCUT2D eigenvalue weighted by atomic mass is 10.2. The average molecular weight is 259 g/mol. The van der Waals surface area contributed by atoms with Gasteiger partial charge in [-0.1, -0.05) is 6.07 Å². The summed E-state index contributed by atoms with van der Waals surface area (Å²) >= 11 is 0. The molecule has 0 radical (unpaired) electrons. The summed E-state index contributed by atoms with van der Waals surface area (Å²) in [6, 6.07) is 7.98. The number of hydrogen-bond acceptors (Lipinski definition) is 5. The Bertz CT molecular complexity index is 641. The number of nitro groups is 1. The van der Waals surface area contributed by atoms with Gasteiger partial charge in [0.1, 0.15) is 0 Å². The monoisotopic (exact) mass is 259 g/mol. The van der Waals surface area contributed by atoms with Crippen LogP contribution >= 0.6 is 0 Å². The van der Waals surface area contributed by atoms with Crippen LogP contribution in [0.2, 0.25) is 0 Å². The highest BCUT2D eigenvalue weighted by Crippen LogP contribution is 2.31. The first-order chi connectivity index (χ1) is 8.97. The van der Waals surface area contributed by atoms with Gasteiger partial charge >= 0.3 is 5.69 Å². The van der Waals surface area contributed by atoms with Crippen LogP contribution in [0, 0.1) is 24.0 Å². The van der Waals surface area contributed by atoms with E-state index in [1.165, 1.54) is 6.07 Å². The Kier molecular flexibility index (Phi) is 3.33. The Morgan fingerprint density at radius 3 is 2.63 bits per heavy atom. The fourth-order valence-electron chi connectivity index (χ4n) is 1.57. The van der Waals surface area contributed by atoms with Crippen molar-refractivity contribution < 1.29 is 9.66 Å². The van der Waals surface area contributed by atoms with E-state index in [4.69, 9.17) is 10.5 Å².